The smallest absolute Gasteiger partial charge is 0.0852 e. The molecule has 0 saturated heterocycles. The average Bonchev–Trinajstić information content (AvgIpc) is 2.35. The van der Waals surface area contributed by atoms with Crippen LogP contribution in [0.2, 0.25) is 0 Å². The standard InChI is InChI=1S/C13H20O3S/c1-3-14-8-9-15-10-11-16-17-13-6-4-12(2)5-7-13/h4-7H,3,8-11H2,1-2H3. The molecule has 0 N–H and O–H groups in total. The minimum absolute atomic E-state index is 0.588. The van der Waals surface area contributed by atoms with Crippen molar-refractivity contribution in [2.45, 2.75) is 18.7 Å². The Morgan fingerprint density at radius 2 is 1.59 bits per heavy atom. The number of ether oxygens (including phenoxy) is 2. The van der Waals surface area contributed by atoms with E-state index >= 15 is 0 Å². The van der Waals surface area contributed by atoms with Crippen LogP contribution in [0.1, 0.15) is 12.5 Å². The van der Waals surface area contributed by atoms with E-state index < -0.39 is 0 Å². The van der Waals surface area contributed by atoms with Crippen molar-refractivity contribution >= 4 is 12.0 Å². The average molecular weight is 256 g/mol. The van der Waals surface area contributed by atoms with Gasteiger partial charge in [-0.3, -0.25) is 0 Å². The summed E-state index contributed by atoms with van der Waals surface area (Å²) in [5, 5.41) is 0. The fourth-order valence-corrected chi connectivity index (χ4v) is 1.70. The van der Waals surface area contributed by atoms with Gasteiger partial charge in [-0.05, 0) is 26.0 Å². The zero-order chi connectivity index (χ0) is 12.3. The molecular weight excluding hydrogens is 236 g/mol. The molecule has 0 heterocycles. The molecule has 0 spiro atoms. The van der Waals surface area contributed by atoms with Crippen molar-refractivity contribution in [2.24, 2.45) is 0 Å². The first-order valence-corrected chi connectivity index (χ1v) is 6.58. The molecule has 0 unspecified atom stereocenters. The maximum atomic E-state index is 5.42. The van der Waals surface area contributed by atoms with Gasteiger partial charge in [0, 0.05) is 23.5 Å². The number of rotatable bonds is 9. The number of aryl methyl sites for hydroxylation is 1. The van der Waals surface area contributed by atoms with Crippen LogP contribution in [0.15, 0.2) is 29.2 Å². The Bertz CT molecular complexity index is 287. The van der Waals surface area contributed by atoms with Gasteiger partial charge in [-0.15, -0.1) is 0 Å². The molecule has 0 fully saturated rings. The number of benzene rings is 1. The van der Waals surface area contributed by atoms with Gasteiger partial charge in [-0.25, -0.2) is 0 Å². The molecule has 1 rings (SSSR count). The van der Waals surface area contributed by atoms with Gasteiger partial charge in [0.15, 0.2) is 0 Å². The van der Waals surface area contributed by atoms with E-state index in [4.69, 9.17) is 13.7 Å². The molecule has 3 nitrogen and oxygen atoms in total. The van der Waals surface area contributed by atoms with Crippen molar-refractivity contribution in [3.63, 3.8) is 0 Å². The van der Waals surface area contributed by atoms with Gasteiger partial charge in [0.25, 0.3) is 0 Å². The SMILES string of the molecule is CCOCCOCCOSc1ccc(C)cc1. The van der Waals surface area contributed by atoms with Crippen LogP contribution in [0, 0.1) is 6.92 Å². The molecule has 4 heteroatoms. The Morgan fingerprint density at radius 1 is 0.941 bits per heavy atom. The molecule has 1 aromatic carbocycles. The third-order valence-corrected chi connectivity index (χ3v) is 2.81. The molecule has 0 bridgehead atoms. The van der Waals surface area contributed by atoms with Crippen LogP contribution in [0.5, 0.6) is 0 Å². The third-order valence-electron chi connectivity index (χ3n) is 2.06. The highest BCUT2D eigenvalue weighted by molar-refractivity contribution is 7.94. The molecule has 0 aromatic heterocycles. The fourth-order valence-electron chi connectivity index (χ4n) is 1.16. The molecule has 0 atom stereocenters. The van der Waals surface area contributed by atoms with Crippen LogP contribution in [0.4, 0.5) is 0 Å². The first-order chi connectivity index (χ1) is 8.33. The molecule has 1 aromatic rings. The first kappa shape index (κ1) is 14.5. The van der Waals surface area contributed by atoms with Gasteiger partial charge in [0.05, 0.1) is 26.4 Å². The highest BCUT2D eigenvalue weighted by atomic mass is 32.2. The van der Waals surface area contributed by atoms with Gasteiger partial charge in [0.2, 0.25) is 0 Å². The zero-order valence-electron chi connectivity index (χ0n) is 10.5. The molecule has 0 aliphatic rings. The predicted octanol–water partition coefficient (Wildman–Crippen LogP) is 3.07. The first-order valence-electron chi connectivity index (χ1n) is 5.84. The summed E-state index contributed by atoms with van der Waals surface area (Å²) in [7, 11) is 0. The highest BCUT2D eigenvalue weighted by Crippen LogP contribution is 2.18. The lowest BCUT2D eigenvalue weighted by Crippen LogP contribution is -2.07. The van der Waals surface area contributed by atoms with Crippen LogP contribution in [-0.4, -0.2) is 33.0 Å². The lowest BCUT2D eigenvalue weighted by Gasteiger charge is -2.05. The molecular formula is C13H20O3S. The van der Waals surface area contributed by atoms with E-state index in [1.54, 1.807) is 0 Å². The van der Waals surface area contributed by atoms with E-state index in [2.05, 4.69) is 31.2 Å². The van der Waals surface area contributed by atoms with E-state index in [-0.39, 0.29) is 0 Å². The second-order valence-corrected chi connectivity index (χ2v) is 4.40. The Hall–Kier alpha value is -0.550. The van der Waals surface area contributed by atoms with Gasteiger partial charge in [-0.2, -0.15) is 0 Å². The van der Waals surface area contributed by atoms with E-state index in [9.17, 15) is 0 Å². The van der Waals surface area contributed by atoms with Crippen LogP contribution >= 0.6 is 12.0 Å². The monoisotopic (exact) mass is 256 g/mol. The quantitative estimate of drug-likeness (QED) is 0.501. The summed E-state index contributed by atoms with van der Waals surface area (Å²) in [6.45, 7) is 7.26. The summed E-state index contributed by atoms with van der Waals surface area (Å²) in [4.78, 5) is 1.12. The highest BCUT2D eigenvalue weighted by Gasteiger charge is 1.95. The molecule has 96 valence electrons. The zero-order valence-corrected chi connectivity index (χ0v) is 11.3. The summed E-state index contributed by atoms with van der Waals surface area (Å²) >= 11 is 1.39. The van der Waals surface area contributed by atoms with Crippen LogP contribution in [0.25, 0.3) is 0 Å². The summed E-state index contributed by atoms with van der Waals surface area (Å²) in [6.07, 6.45) is 0. The largest absolute Gasteiger partial charge is 0.379 e. The molecule has 0 aliphatic carbocycles. The molecule has 0 saturated carbocycles. The third kappa shape index (κ3) is 7.39. The molecule has 0 radical (unpaired) electrons. The van der Waals surface area contributed by atoms with Gasteiger partial charge >= 0.3 is 0 Å². The summed E-state index contributed by atoms with van der Waals surface area (Å²) in [6, 6.07) is 8.25. The Balaban J connectivity index is 1.95. The van der Waals surface area contributed by atoms with Gasteiger partial charge in [0.1, 0.15) is 0 Å². The Labute approximate surface area is 108 Å². The summed E-state index contributed by atoms with van der Waals surface area (Å²) in [5.74, 6) is 0. The Kier molecular flexibility index (Phi) is 8.09. The van der Waals surface area contributed by atoms with Crippen molar-refractivity contribution in [2.75, 3.05) is 33.0 Å². The molecule has 0 aliphatic heterocycles. The normalized spacial score (nSPS) is 10.7. The van der Waals surface area contributed by atoms with Crippen molar-refractivity contribution < 1.29 is 13.7 Å². The maximum absolute atomic E-state index is 5.42. The minimum atomic E-state index is 0.588. The van der Waals surface area contributed by atoms with Crippen LogP contribution in [0.3, 0.4) is 0 Å². The number of hydrogen-bond acceptors (Lipinski definition) is 4. The van der Waals surface area contributed by atoms with Gasteiger partial charge in [-0.1, -0.05) is 17.7 Å². The molecule has 17 heavy (non-hydrogen) atoms. The van der Waals surface area contributed by atoms with Gasteiger partial charge < -0.3 is 13.7 Å². The van der Waals surface area contributed by atoms with E-state index in [0.29, 0.717) is 26.4 Å². The van der Waals surface area contributed by atoms with E-state index in [0.717, 1.165) is 11.5 Å². The second-order valence-electron chi connectivity index (χ2n) is 3.53. The van der Waals surface area contributed by atoms with Crippen molar-refractivity contribution in [3.8, 4) is 0 Å². The van der Waals surface area contributed by atoms with E-state index in [1.165, 1.54) is 17.6 Å². The lowest BCUT2D eigenvalue weighted by molar-refractivity contribution is 0.0429. The maximum Gasteiger partial charge on any atom is 0.0852 e. The predicted molar refractivity (Wildman–Crippen MR) is 70.3 cm³/mol. The Morgan fingerprint density at radius 3 is 2.29 bits per heavy atom. The van der Waals surface area contributed by atoms with Crippen molar-refractivity contribution in [1.29, 1.82) is 0 Å². The van der Waals surface area contributed by atoms with Crippen LogP contribution < -0.4 is 0 Å². The van der Waals surface area contributed by atoms with Crippen molar-refractivity contribution in [1.82, 2.24) is 0 Å². The summed E-state index contributed by atoms with van der Waals surface area (Å²) < 4.78 is 15.9. The second kappa shape index (κ2) is 9.48. The molecule has 0 amide bonds. The van der Waals surface area contributed by atoms with Crippen LogP contribution in [-0.2, 0) is 13.7 Å². The van der Waals surface area contributed by atoms with E-state index in [1.807, 2.05) is 6.92 Å². The number of hydrogen-bond donors (Lipinski definition) is 0. The van der Waals surface area contributed by atoms with Crippen molar-refractivity contribution in [3.05, 3.63) is 29.8 Å². The minimum Gasteiger partial charge on any atom is -0.379 e. The lowest BCUT2D eigenvalue weighted by atomic mass is 10.2. The topological polar surface area (TPSA) is 27.7 Å². The summed E-state index contributed by atoms with van der Waals surface area (Å²) in [5.41, 5.74) is 1.26. The fraction of sp³-hybridized carbons (Fsp3) is 0.538.